The maximum Gasteiger partial charge on any atom is 2.00 e. The number of hydrogen-bond donors (Lipinski definition) is 3. The van der Waals surface area contributed by atoms with Gasteiger partial charge in [-0.05, 0) is 193 Å². The van der Waals surface area contributed by atoms with Crippen LogP contribution in [0.4, 0.5) is 0 Å². The number of fused-ring (bicyclic) bond motifs is 8. The average molecular weight is 1480 g/mol. The van der Waals surface area contributed by atoms with Crippen molar-refractivity contribution in [3.63, 3.8) is 0 Å². The van der Waals surface area contributed by atoms with E-state index >= 15 is 0 Å². The Bertz CT molecular complexity index is 3490. The monoisotopic (exact) mass is 1480 g/mol. The number of methoxy groups -OCH3 is 1. The van der Waals surface area contributed by atoms with Crippen molar-refractivity contribution in [1.82, 2.24) is 10.2 Å². The van der Waals surface area contributed by atoms with E-state index in [0.717, 1.165) is 144 Å². The van der Waals surface area contributed by atoms with Crippen LogP contribution < -0.4 is 22.3 Å². The first kappa shape index (κ1) is 80.1. The number of alkyl halides is 1. The van der Waals surface area contributed by atoms with Gasteiger partial charge >= 0.3 is 23.1 Å². The Balaban J connectivity index is 0.000000215. The predicted octanol–water partition coefficient (Wildman–Crippen LogP) is 14.5. The molecule has 2 fully saturated rings. The van der Waals surface area contributed by atoms with Crippen LogP contribution in [-0.4, -0.2) is 109 Å². The average Bonchev–Trinajstić information content (AvgIpc) is 1.65. The molecule has 0 spiro atoms. The number of aryl methyl sites for hydroxylation is 8. The van der Waals surface area contributed by atoms with Crippen molar-refractivity contribution in [2.45, 2.75) is 116 Å². The number of aliphatic carboxylic acids is 1. The molecule has 8 nitrogen and oxygen atoms in total. The van der Waals surface area contributed by atoms with Gasteiger partial charge in [0.25, 0.3) is 5.97 Å². The Morgan fingerprint density at radius 2 is 0.895 bits per heavy atom. The maximum absolute atomic E-state index is 12.3. The third-order valence-corrected chi connectivity index (χ3v) is 17.7. The summed E-state index contributed by atoms with van der Waals surface area (Å²) in [6.07, 6.45) is 23.7. The summed E-state index contributed by atoms with van der Waals surface area (Å²) in [5.41, 5.74) is 22.5. The Labute approximate surface area is 613 Å². The number of ether oxygens (including phenoxy) is 2. The van der Waals surface area contributed by atoms with Crippen molar-refractivity contribution in [3.05, 3.63) is 302 Å². The number of ketones is 1. The van der Waals surface area contributed by atoms with Crippen molar-refractivity contribution >= 4 is 78.9 Å². The number of likely N-dealkylation sites (N-methyl/N-ethyl adjacent to an activating group) is 1. The van der Waals surface area contributed by atoms with Gasteiger partial charge < -0.3 is 48.4 Å². The number of allylic oxidation sites excluding steroid dienone is 1. The van der Waals surface area contributed by atoms with Gasteiger partial charge in [-0.2, -0.15) is 0 Å². The zero-order valence-corrected chi connectivity index (χ0v) is 62.8. The van der Waals surface area contributed by atoms with Crippen LogP contribution in [0.1, 0.15) is 153 Å². The van der Waals surface area contributed by atoms with E-state index in [9.17, 15) is 9.90 Å². The van der Waals surface area contributed by atoms with Gasteiger partial charge in [0.15, 0.2) is 5.78 Å². The zero-order valence-electron chi connectivity index (χ0n) is 56.5. The van der Waals surface area contributed by atoms with Crippen LogP contribution in [0.2, 0.25) is 0 Å². The molecule has 14 rings (SSSR count). The third kappa shape index (κ3) is 23.8. The number of carboxylic acids is 1. The number of hydrogen-bond acceptors (Lipinski definition) is 7. The summed E-state index contributed by atoms with van der Waals surface area (Å²) in [6.45, 7) is 7.53. The number of carbonyl (C=O) groups is 2. The van der Waals surface area contributed by atoms with Gasteiger partial charge in [0, 0.05) is 50.2 Å². The molecule has 0 bridgehead atoms. The number of nitrogens with zero attached hydrogens (tertiary/aromatic N) is 1. The van der Waals surface area contributed by atoms with Crippen molar-refractivity contribution in [3.8, 4) is 0 Å². The largest absolute Gasteiger partial charge is 2.00 e. The second-order valence-corrected chi connectivity index (χ2v) is 25.0. The molecule has 0 heterocycles. The fourth-order valence-corrected chi connectivity index (χ4v) is 12.7. The Morgan fingerprint density at radius 3 is 1.21 bits per heavy atom. The summed E-state index contributed by atoms with van der Waals surface area (Å²) in [4.78, 5) is 23.6. The molecule has 0 saturated heterocycles. The van der Waals surface area contributed by atoms with Crippen LogP contribution in [0.25, 0.3) is 11.1 Å². The van der Waals surface area contributed by atoms with Gasteiger partial charge in [-0.3, -0.25) is 14.5 Å². The van der Waals surface area contributed by atoms with Gasteiger partial charge in [0.2, 0.25) is 0 Å². The van der Waals surface area contributed by atoms with Gasteiger partial charge in [-0.1, -0.05) is 229 Å². The van der Waals surface area contributed by atoms with Crippen molar-refractivity contribution in [2.75, 3.05) is 59.6 Å². The summed E-state index contributed by atoms with van der Waals surface area (Å²) >= 11 is 3.53. The van der Waals surface area contributed by atoms with Crippen LogP contribution in [0.3, 0.4) is 0 Å². The van der Waals surface area contributed by atoms with E-state index < -0.39 is 11.6 Å². The van der Waals surface area contributed by atoms with Crippen LogP contribution in [0.5, 0.6) is 0 Å². The third-order valence-electron chi connectivity index (χ3n) is 17.3. The van der Waals surface area contributed by atoms with Crippen LogP contribution >= 0.6 is 32.9 Å². The first-order valence-electron chi connectivity index (χ1n) is 33.3. The molecule has 0 atom stereocenters. The first-order chi connectivity index (χ1) is 45.0. The molecule has 8 aromatic rings. The van der Waals surface area contributed by atoms with E-state index in [1.54, 1.807) is 7.11 Å². The summed E-state index contributed by atoms with van der Waals surface area (Å²) in [6, 6.07) is 68.1. The van der Waals surface area contributed by atoms with Crippen LogP contribution in [0.15, 0.2) is 206 Å². The van der Waals surface area contributed by atoms with E-state index in [-0.39, 0.29) is 62.8 Å². The van der Waals surface area contributed by atoms with Gasteiger partial charge in [0.1, 0.15) is 5.60 Å². The van der Waals surface area contributed by atoms with Gasteiger partial charge in [0.05, 0.1) is 13.3 Å². The molecule has 0 amide bonds. The molecular formula is C83H97Br3MgN2O6. The number of carboxylic acid groups (broad SMARTS) is 1. The molecule has 0 aromatic heterocycles. The molecule has 6 aliphatic carbocycles. The molecule has 95 heavy (non-hydrogen) atoms. The maximum atomic E-state index is 12.3. The second kappa shape index (κ2) is 42.9. The summed E-state index contributed by atoms with van der Waals surface area (Å²) in [7, 11) is 5.72. The number of aliphatic hydroxyl groups is 1. The molecule has 3 N–H and O–H groups in total. The van der Waals surface area contributed by atoms with E-state index in [0.29, 0.717) is 12.6 Å². The molecular weight excluding hydrogens is 1380 g/mol. The smallest absolute Gasteiger partial charge is 1.00 e. The van der Waals surface area contributed by atoms with E-state index in [4.69, 9.17) is 19.4 Å². The van der Waals surface area contributed by atoms with Gasteiger partial charge in [-0.25, -0.2) is 12.8 Å². The van der Waals surface area contributed by atoms with E-state index in [1.807, 2.05) is 43.4 Å². The summed E-state index contributed by atoms with van der Waals surface area (Å²) < 4.78 is 10.3. The van der Waals surface area contributed by atoms with E-state index in [1.165, 1.54) is 90.7 Å². The van der Waals surface area contributed by atoms with Crippen molar-refractivity contribution < 1.29 is 46.3 Å². The van der Waals surface area contributed by atoms with Crippen molar-refractivity contribution in [1.29, 1.82) is 0 Å². The zero-order chi connectivity index (χ0) is 64.9. The van der Waals surface area contributed by atoms with Crippen molar-refractivity contribution in [2.24, 2.45) is 5.92 Å². The van der Waals surface area contributed by atoms with Crippen LogP contribution in [0, 0.1) is 12.3 Å². The standard InChI is InChI=1S/C23H29NO.C18H17Br.C18H18O.C15H12O.C4H11NO.C3H5.C2H4O2.2BrH.Mg/c1-3-17-25-18-24(2)16-8-13-23-21-11-6-4-9-19(21)14-15-20-10-5-7-12-22(20)23;19-13-5-10-18-16-8-3-1-6-14(16)11-12-15-7-2-4-9-17(15)18;19-18(15-11-12-15)16-7-3-1-5-13(16)9-10-14-6-2-4-8-17(14)18;16-15-13-7-3-1-5-11(13)9-10-12-6-2-4-8-14(12)15;1-5-3-4-6-2;1-2-3-1;1-2(3)4;;;/h4-7,9-13H,3,8,14-18H2,1-2H3;1-4,6-10H,5,11-13H2;1-8,15,19H,9-12H2;1-8H,9-10H2;5H,3-4H2,1-2H3;1H,2-3H2;1H3,(H,3,4);2*1H;/q;;;;;-1;;;;+2/p-1. The second-order valence-electron chi connectivity index (χ2n) is 24.2. The SMILES string of the molecule is Br.BrCCC=C1c2ccccc2CCc2ccccc21.CC(=O)O.CCCOCN(C)CCC=C1c2ccccc2CCc2ccccc21.CNCCOC.O=C1c2ccccc2CCc2ccccc21.OC1(C2CC2)c2ccccc2CCc2ccccc21.[Br-].[CH-]1CC1.[Mg+2]. The number of carbonyl (C=O) groups excluding carboxylic acids is 1. The number of halogens is 3. The van der Waals surface area contributed by atoms with E-state index in [2.05, 4.69) is 216 Å². The fourth-order valence-electron chi connectivity index (χ4n) is 12.4. The molecule has 0 aliphatic heterocycles. The summed E-state index contributed by atoms with van der Waals surface area (Å²) in [5, 5.41) is 22.9. The molecule has 0 radical (unpaired) electrons. The van der Waals surface area contributed by atoms with Crippen LogP contribution in [-0.2, 0) is 71.2 Å². The Morgan fingerprint density at radius 1 is 0.579 bits per heavy atom. The minimum Gasteiger partial charge on any atom is -1.00 e. The minimum atomic E-state index is -0.833. The Hall–Kier alpha value is -5.61. The topological polar surface area (TPSA) is 108 Å². The molecule has 0 unspecified atom stereocenters. The number of benzene rings is 8. The number of rotatable bonds is 13. The molecule has 498 valence electrons. The normalized spacial score (nSPS) is 14.2. The summed E-state index contributed by atoms with van der Waals surface area (Å²) in [5.74, 6) is -0.267. The minimum absolute atomic E-state index is 0. The fraction of sp³-hybridized carbons (Fsp3) is 0.337. The predicted molar refractivity (Wildman–Crippen MR) is 400 cm³/mol. The molecule has 12 heteroatoms. The van der Waals surface area contributed by atoms with Gasteiger partial charge in [-0.15, -0.1) is 17.0 Å². The first-order valence-corrected chi connectivity index (χ1v) is 34.4. The molecule has 8 aromatic carbocycles. The Kier molecular flexibility index (Phi) is 36.2. The number of nitrogens with one attached hydrogen (secondary N) is 1. The molecule has 2 saturated carbocycles. The molecule has 6 aliphatic rings. The quantitative estimate of drug-likeness (QED) is 0.0344.